The van der Waals surface area contributed by atoms with Gasteiger partial charge in [-0.15, -0.1) is 0 Å². The van der Waals surface area contributed by atoms with Crippen LogP contribution >= 0.6 is 27.5 Å². The second-order valence-electron chi connectivity index (χ2n) is 4.99. The lowest BCUT2D eigenvalue weighted by Crippen LogP contribution is -2.55. The molecular weight excluding hydrogens is 330 g/mol. The summed E-state index contributed by atoms with van der Waals surface area (Å²) in [4.78, 5) is 13.8. The Kier molecular flexibility index (Phi) is 4.14. The van der Waals surface area contributed by atoms with Crippen molar-refractivity contribution in [2.45, 2.75) is 6.92 Å². The molecule has 2 rings (SSSR count). The van der Waals surface area contributed by atoms with Crippen LogP contribution in [0.1, 0.15) is 6.92 Å². The number of amides is 1. The molecule has 1 heterocycles. The number of rotatable bonds is 3. The van der Waals surface area contributed by atoms with Crippen LogP contribution in [0.3, 0.4) is 0 Å². The van der Waals surface area contributed by atoms with E-state index in [2.05, 4.69) is 27.3 Å². The third-order valence-corrected chi connectivity index (χ3v) is 3.79. The van der Waals surface area contributed by atoms with Crippen LogP contribution < -0.4 is 5.32 Å². The molecule has 0 radical (unpaired) electrons. The molecule has 19 heavy (non-hydrogen) atoms. The molecule has 0 aliphatic carbocycles. The van der Waals surface area contributed by atoms with Gasteiger partial charge < -0.3 is 5.32 Å². The standard InChI is InChI=1S/C13H13BrClN3O/c1-13(6-16)7-18(8-13)5-12(19)17-11-3-2-9(14)4-10(11)15/h2-4H,5,7-8H2,1H3,(H,17,19). The Bertz CT molecular complexity index is 549. The third kappa shape index (κ3) is 3.47. The van der Waals surface area contributed by atoms with Crippen molar-refractivity contribution in [2.24, 2.45) is 5.41 Å². The highest BCUT2D eigenvalue weighted by atomic mass is 79.9. The van der Waals surface area contributed by atoms with Crippen molar-refractivity contribution in [2.75, 3.05) is 25.0 Å². The number of benzene rings is 1. The van der Waals surface area contributed by atoms with Crippen molar-refractivity contribution in [3.63, 3.8) is 0 Å². The summed E-state index contributed by atoms with van der Waals surface area (Å²) in [7, 11) is 0. The fourth-order valence-corrected chi connectivity index (χ4v) is 2.83. The predicted molar refractivity (Wildman–Crippen MR) is 77.9 cm³/mol. The van der Waals surface area contributed by atoms with Crippen LogP contribution in [0.25, 0.3) is 0 Å². The molecule has 1 aromatic rings. The lowest BCUT2D eigenvalue weighted by molar-refractivity contribution is -0.119. The Morgan fingerprint density at radius 3 is 2.89 bits per heavy atom. The first-order chi connectivity index (χ1) is 8.92. The molecule has 1 amide bonds. The van der Waals surface area contributed by atoms with E-state index < -0.39 is 0 Å². The largest absolute Gasteiger partial charge is 0.324 e. The maximum absolute atomic E-state index is 11.8. The highest BCUT2D eigenvalue weighted by Crippen LogP contribution is 2.29. The van der Waals surface area contributed by atoms with E-state index in [1.807, 2.05) is 17.9 Å². The maximum Gasteiger partial charge on any atom is 0.238 e. The Morgan fingerprint density at radius 1 is 1.63 bits per heavy atom. The van der Waals surface area contributed by atoms with Gasteiger partial charge in [-0.3, -0.25) is 9.69 Å². The van der Waals surface area contributed by atoms with Gasteiger partial charge in [-0.25, -0.2) is 0 Å². The minimum Gasteiger partial charge on any atom is -0.324 e. The molecule has 1 aliphatic rings. The van der Waals surface area contributed by atoms with E-state index >= 15 is 0 Å². The normalized spacial score (nSPS) is 17.4. The highest BCUT2D eigenvalue weighted by Gasteiger charge is 2.39. The van der Waals surface area contributed by atoms with Gasteiger partial charge in [0, 0.05) is 17.6 Å². The molecule has 0 atom stereocenters. The van der Waals surface area contributed by atoms with E-state index in [-0.39, 0.29) is 17.9 Å². The number of likely N-dealkylation sites (tertiary alicyclic amines) is 1. The van der Waals surface area contributed by atoms with Gasteiger partial charge in [0.2, 0.25) is 5.91 Å². The van der Waals surface area contributed by atoms with Crippen LogP contribution in [-0.2, 0) is 4.79 Å². The van der Waals surface area contributed by atoms with Crippen molar-refractivity contribution < 1.29 is 4.79 Å². The smallest absolute Gasteiger partial charge is 0.238 e. The molecule has 4 nitrogen and oxygen atoms in total. The Hall–Kier alpha value is -1.09. The van der Waals surface area contributed by atoms with Gasteiger partial charge in [0.1, 0.15) is 0 Å². The van der Waals surface area contributed by atoms with Gasteiger partial charge in [-0.1, -0.05) is 27.5 Å². The average Bonchev–Trinajstić information content (AvgIpc) is 2.30. The number of carbonyl (C=O) groups excluding carboxylic acids is 1. The molecular formula is C13H13BrClN3O. The van der Waals surface area contributed by atoms with Crippen molar-refractivity contribution >= 4 is 39.1 Å². The number of nitrogens with zero attached hydrogens (tertiary/aromatic N) is 2. The van der Waals surface area contributed by atoms with Gasteiger partial charge in [-0.2, -0.15) is 5.26 Å². The molecule has 1 aromatic carbocycles. The Balaban J connectivity index is 1.88. The lowest BCUT2D eigenvalue weighted by atomic mass is 9.84. The molecule has 0 bridgehead atoms. The van der Waals surface area contributed by atoms with E-state index in [0.717, 1.165) is 4.47 Å². The minimum absolute atomic E-state index is 0.121. The third-order valence-electron chi connectivity index (χ3n) is 2.99. The van der Waals surface area contributed by atoms with Crippen molar-refractivity contribution in [3.8, 4) is 6.07 Å². The molecule has 0 spiro atoms. The number of anilines is 1. The quantitative estimate of drug-likeness (QED) is 0.919. The number of hydrogen-bond acceptors (Lipinski definition) is 3. The van der Waals surface area contributed by atoms with Gasteiger partial charge in [0.25, 0.3) is 0 Å². The molecule has 100 valence electrons. The highest BCUT2D eigenvalue weighted by molar-refractivity contribution is 9.10. The molecule has 0 aromatic heterocycles. The van der Waals surface area contributed by atoms with Crippen LogP contribution in [0.15, 0.2) is 22.7 Å². The minimum atomic E-state index is -0.310. The van der Waals surface area contributed by atoms with Crippen molar-refractivity contribution in [1.82, 2.24) is 4.90 Å². The zero-order chi connectivity index (χ0) is 14.0. The van der Waals surface area contributed by atoms with E-state index in [4.69, 9.17) is 16.9 Å². The molecule has 1 fully saturated rings. The SMILES string of the molecule is CC1(C#N)CN(CC(=O)Nc2ccc(Br)cc2Cl)C1. The van der Waals surface area contributed by atoms with Crippen LogP contribution in [0.4, 0.5) is 5.69 Å². The van der Waals surface area contributed by atoms with Crippen LogP contribution in [-0.4, -0.2) is 30.4 Å². The molecule has 1 N–H and O–H groups in total. The van der Waals surface area contributed by atoms with E-state index in [1.165, 1.54) is 0 Å². The summed E-state index contributed by atoms with van der Waals surface area (Å²) in [6, 6.07) is 7.54. The van der Waals surface area contributed by atoms with E-state index in [1.54, 1.807) is 12.1 Å². The zero-order valence-corrected chi connectivity index (χ0v) is 12.8. The Morgan fingerprint density at radius 2 is 2.32 bits per heavy atom. The summed E-state index contributed by atoms with van der Waals surface area (Å²) in [5.74, 6) is -0.121. The lowest BCUT2D eigenvalue weighted by Gasteiger charge is -2.42. The number of nitriles is 1. The second-order valence-corrected chi connectivity index (χ2v) is 6.31. The molecule has 6 heteroatoms. The first kappa shape index (κ1) is 14.3. The number of carbonyl (C=O) groups is 1. The summed E-state index contributed by atoms with van der Waals surface area (Å²) in [5, 5.41) is 12.2. The average molecular weight is 343 g/mol. The van der Waals surface area contributed by atoms with Crippen molar-refractivity contribution in [3.05, 3.63) is 27.7 Å². The zero-order valence-electron chi connectivity index (χ0n) is 10.4. The summed E-state index contributed by atoms with van der Waals surface area (Å²) in [6.45, 7) is 3.44. The fraction of sp³-hybridized carbons (Fsp3) is 0.385. The van der Waals surface area contributed by atoms with E-state index in [0.29, 0.717) is 23.8 Å². The van der Waals surface area contributed by atoms with Gasteiger partial charge >= 0.3 is 0 Å². The summed E-state index contributed by atoms with van der Waals surface area (Å²) < 4.78 is 0.864. The summed E-state index contributed by atoms with van der Waals surface area (Å²) in [5.41, 5.74) is 0.286. The fourth-order valence-electron chi connectivity index (χ4n) is 2.11. The molecule has 1 saturated heterocycles. The summed E-state index contributed by atoms with van der Waals surface area (Å²) in [6.07, 6.45) is 0. The van der Waals surface area contributed by atoms with Crippen molar-refractivity contribution in [1.29, 1.82) is 5.26 Å². The molecule has 0 unspecified atom stereocenters. The second kappa shape index (κ2) is 5.49. The van der Waals surface area contributed by atoms with Crippen LogP contribution in [0, 0.1) is 16.7 Å². The first-order valence-corrected chi connectivity index (χ1v) is 6.97. The van der Waals surface area contributed by atoms with Crippen LogP contribution in [0.5, 0.6) is 0 Å². The first-order valence-electron chi connectivity index (χ1n) is 5.80. The molecule has 1 aliphatic heterocycles. The predicted octanol–water partition coefficient (Wildman–Crippen LogP) is 2.89. The summed E-state index contributed by atoms with van der Waals surface area (Å²) >= 11 is 9.33. The van der Waals surface area contributed by atoms with Gasteiger partial charge in [0.05, 0.1) is 28.7 Å². The van der Waals surface area contributed by atoms with Crippen LogP contribution in [0.2, 0.25) is 5.02 Å². The number of hydrogen-bond donors (Lipinski definition) is 1. The number of halogens is 2. The maximum atomic E-state index is 11.8. The van der Waals surface area contributed by atoms with Gasteiger partial charge in [-0.05, 0) is 25.1 Å². The van der Waals surface area contributed by atoms with Gasteiger partial charge in [0.15, 0.2) is 0 Å². The Labute approximate surface area is 125 Å². The number of nitrogens with one attached hydrogen (secondary N) is 1. The topological polar surface area (TPSA) is 56.1 Å². The molecule has 0 saturated carbocycles. The van der Waals surface area contributed by atoms with E-state index in [9.17, 15) is 4.79 Å². The monoisotopic (exact) mass is 341 g/mol.